The Bertz CT molecular complexity index is 289. The molecule has 1 atom stereocenters. The molecule has 21 heavy (non-hydrogen) atoms. The van der Waals surface area contributed by atoms with Gasteiger partial charge in [0.2, 0.25) is 0 Å². The molecule has 0 aliphatic carbocycles. The van der Waals surface area contributed by atoms with Gasteiger partial charge in [-0.2, -0.15) is 0 Å². The van der Waals surface area contributed by atoms with Crippen LogP contribution in [0, 0.1) is 11.3 Å². The predicted molar refractivity (Wildman–Crippen MR) is 90.4 cm³/mol. The summed E-state index contributed by atoms with van der Waals surface area (Å²) in [7, 11) is 0. The van der Waals surface area contributed by atoms with Crippen molar-refractivity contribution in [1.82, 2.24) is 4.90 Å². The summed E-state index contributed by atoms with van der Waals surface area (Å²) < 4.78 is 5.58. The van der Waals surface area contributed by atoms with E-state index in [2.05, 4.69) is 46.4 Å². The van der Waals surface area contributed by atoms with E-state index in [-0.39, 0.29) is 11.4 Å². The van der Waals surface area contributed by atoms with Gasteiger partial charge >= 0.3 is 5.97 Å². The number of ether oxygens (including phenoxy) is 1. The SMILES string of the molecule is CCCCN(CCOC(=O)C(C)(CC)CC(C)C)C(C)C. The van der Waals surface area contributed by atoms with Gasteiger partial charge in [0, 0.05) is 12.6 Å². The maximum Gasteiger partial charge on any atom is 0.311 e. The molecule has 0 bridgehead atoms. The van der Waals surface area contributed by atoms with Crippen molar-refractivity contribution in [2.45, 2.75) is 80.2 Å². The van der Waals surface area contributed by atoms with Gasteiger partial charge in [-0.3, -0.25) is 9.69 Å². The molecule has 0 rings (SSSR count). The van der Waals surface area contributed by atoms with Gasteiger partial charge in [-0.1, -0.05) is 34.1 Å². The molecule has 126 valence electrons. The molecule has 0 heterocycles. The van der Waals surface area contributed by atoms with E-state index < -0.39 is 0 Å². The van der Waals surface area contributed by atoms with Gasteiger partial charge in [-0.25, -0.2) is 0 Å². The lowest BCUT2D eigenvalue weighted by molar-refractivity contribution is -0.156. The molecular formula is C18H37NO2. The first-order chi connectivity index (χ1) is 9.76. The highest BCUT2D eigenvalue weighted by molar-refractivity contribution is 5.76. The van der Waals surface area contributed by atoms with Gasteiger partial charge in [-0.15, -0.1) is 0 Å². The number of nitrogens with zero attached hydrogens (tertiary/aromatic N) is 1. The smallest absolute Gasteiger partial charge is 0.311 e. The molecule has 0 N–H and O–H groups in total. The molecule has 1 unspecified atom stereocenters. The van der Waals surface area contributed by atoms with Crippen molar-refractivity contribution in [2.24, 2.45) is 11.3 Å². The summed E-state index contributed by atoms with van der Waals surface area (Å²) in [6.07, 6.45) is 4.14. The second-order valence-electron chi connectivity index (χ2n) is 7.13. The Balaban J connectivity index is 4.32. The summed E-state index contributed by atoms with van der Waals surface area (Å²) in [4.78, 5) is 14.7. The highest BCUT2D eigenvalue weighted by atomic mass is 16.5. The second-order valence-corrected chi connectivity index (χ2v) is 7.13. The Morgan fingerprint density at radius 1 is 1.14 bits per heavy atom. The molecule has 0 spiro atoms. The number of rotatable bonds is 11. The van der Waals surface area contributed by atoms with Crippen LogP contribution in [-0.4, -0.2) is 36.6 Å². The summed E-state index contributed by atoms with van der Waals surface area (Å²) in [6.45, 7) is 17.5. The van der Waals surface area contributed by atoms with Crippen molar-refractivity contribution in [3.05, 3.63) is 0 Å². The van der Waals surface area contributed by atoms with Gasteiger partial charge in [0.15, 0.2) is 0 Å². The first-order valence-electron chi connectivity index (χ1n) is 8.68. The van der Waals surface area contributed by atoms with Crippen LogP contribution in [-0.2, 0) is 9.53 Å². The zero-order valence-electron chi connectivity index (χ0n) is 15.4. The molecule has 0 aromatic heterocycles. The predicted octanol–water partition coefficient (Wildman–Crippen LogP) is 4.50. The third-order valence-electron chi connectivity index (χ3n) is 4.27. The van der Waals surface area contributed by atoms with Crippen molar-refractivity contribution in [2.75, 3.05) is 19.7 Å². The van der Waals surface area contributed by atoms with Crippen LogP contribution in [0.15, 0.2) is 0 Å². The van der Waals surface area contributed by atoms with Crippen molar-refractivity contribution in [3.63, 3.8) is 0 Å². The third kappa shape index (κ3) is 7.85. The number of hydrogen-bond donors (Lipinski definition) is 0. The fraction of sp³-hybridized carbons (Fsp3) is 0.944. The van der Waals surface area contributed by atoms with Gasteiger partial charge in [0.05, 0.1) is 5.41 Å². The van der Waals surface area contributed by atoms with Crippen molar-refractivity contribution >= 4 is 5.97 Å². The second kappa shape index (κ2) is 10.2. The summed E-state index contributed by atoms with van der Waals surface area (Å²) in [5.41, 5.74) is -0.333. The molecule has 0 aliphatic rings. The normalized spacial score (nSPS) is 14.8. The molecule has 0 saturated heterocycles. The first kappa shape index (κ1) is 20.4. The van der Waals surface area contributed by atoms with Crippen LogP contribution in [0.3, 0.4) is 0 Å². The van der Waals surface area contributed by atoms with Gasteiger partial charge in [-0.05, 0) is 52.5 Å². The van der Waals surface area contributed by atoms with Crippen molar-refractivity contribution < 1.29 is 9.53 Å². The topological polar surface area (TPSA) is 29.5 Å². The Labute approximate surface area is 132 Å². The fourth-order valence-electron chi connectivity index (χ4n) is 2.69. The van der Waals surface area contributed by atoms with Crippen LogP contribution in [0.4, 0.5) is 0 Å². The number of esters is 1. The maximum absolute atomic E-state index is 12.4. The molecule has 3 heteroatoms. The van der Waals surface area contributed by atoms with E-state index in [1.165, 1.54) is 12.8 Å². The van der Waals surface area contributed by atoms with Crippen LogP contribution in [0.5, 0.6) is 0 Å². The van der Waals surface area contributed by atoms with E-state index in [9.17, 15) is 4.79 Å². The Morgan fingerprint density at radius 2 is 1.76 bits per heavy atom. The van der Waals surface area contributed by atoms with Crippen molar-refractivity contribution in [1.29, 1.82) is 0 Å². The Kier molecular flexibility index (Phi) is 9.93. The zero-order valence-corrected chi connectivity index (χ0v) is 15.4. The van der Waals surface area contributed by atoms with Crippen LogP contribution < -0.4 is 0 Å². The quantitative estimate of drug-likeness (QED) is 0.526. The van der Waals surface area contributed by atoms with E-state index in [0.717, 1.165) is 25.9 Å². The third-order valence-corrected chi connectivity index (χ3v) is 4.27. The lowest BCUT2D eigenvalue weighted by Crippen LogP contribution is -2.37. The van der Waals surface area contributed by atoms with Gasteiger partial charge in [0.1, 0.15) is 6.61 Å². The van der Waals surface area contributed by atoms with Gasteiger partial charge in [0.25, 0.3) is 0 Å². The number of hydrogen-bond acceptors (Lipinski definition) is 3. The van der Waals surface area contributed by atoms with Crippen molar-refractivity contribution in [3.8, 4) is 0 Å². The Hall–Kier alpha value is -0.570. The zero-order chi connectivity index (χ0) is 16.5. The van der Waals surface area contributed by atoms with E-state index in [1.807, 2.05) is 6.92 Å². The molecule has 0 aromatic carbocycles. The van der Waals surface area contributed by atoms with E-state index in [4.69, 9.17) is 4.74 Å². The van der Waals surface area contributed by atoms with Gasteiger partial charge < -0.3 is 4.74 Å². The monoisotopic (exact) mass is 299 g/mol. The molecule has 0 radical (unpaired) electrons. The standard InChI is InChI=1S/C18H37NO2/c1-8-10-11-19(16(5)6)12-13-21-17(20)18(7,9-2)14-15(3)4/h15-16H,8-14H2,1-7H3. The summed E-state index contributed by atoms with van der Waals surface area (Å²) in [6, 6.07) is 0.503. The van der Waals surface area contributed by atoms with E-state index >= 15 is 0 Å². The minimum Gasteiger partial charge on any atom is -0.464 e. The van der Waals surface area contributed by atoms with E-state index in [0.29, 0.717) is 18.6 Å². The molecule has 3 nitrogen and oxygen atoms in total. The highest BCUT2D eigenvalue weighted by Crippen LogP contribution is 2.31. The highest BCUT2D eigenvalue weighted by Gasteiger charge is 2.33. The largest absolute Gasteiger partial charge is 0.464 e. The number of unbranched alkanes of at least 4 members (excludes halogenated alkanes) is 1. The molecule has 0 saturated carbocycles. The Morgan fingerprint density at radius 3 is 2.19 bits per heavy atom. The minimum atomic E-state index is -0.333. The lowest BCUT2D eigenvalue weighted by Gasteiger charge is -2.29. The molecular weight excluding hydrogens is 262 g/mol. The minimum absolute atomic E-state index is 0.0297. The average molecular weight is 299 g/mol. The number of carbonyl (C=O) groups is 1. The van der Waals surface area contributed by atoms with Crippen LogP contribution in [0.2, 0.25) is 0 Å². The summed E-state index contributed by atoms with van der Waals surface area (Å²) in [5, 5.41) is 0. The van der Waals surface area contributed by atoms with Crippen LogP contribution >= 0.6 is 0 Å². The molecule has 0 amide bonds. The molecule has 0 aliphatic heterocycles. The summed E-state index contributed by atoms with van der Waals surface area (Å²) in [5.74, 6) is 0.483. The lowest BCUT2D eigenvalue weighted by atomic mass is 9.80. The number of carbonyl (C=O) groups excluding carboxylic acids is 1. The average Bonchev–Trinajstić information content (AvgIpc) is 2.40. The molecule has 0 fully saturated rings. The first-order valence-corrected chi connectivity index (χ1v) is 8.68. The van der Waals surface area contributed by atoms with Crippen LogP contribution in [0.1, 0.15) is 74.1 Å². The summed E-state index contributed by atoms with van der Waals surface area (Å²) >= 11 is 0. The molecule has 0 aromatic rings. The van der Waals surface area contributed by atoms with E-state index in [1.54, 1.807) is 0 Å². The van der Waals surface area contributed by atoms with Crippen LogP contribution in [0.25, 0.3) is 0 Å². The maximum atomic E-state index is 12.4. The fourth-order valence-corrected chi connectivity index (χ4v) is 2.69.